The van der Waals surface area contributed by atoms with Crippen LogP contribution in [0.15, 0.2) is 12.1 Å². The Morgan fingerprint density at radius 3 is 2.53 bits per heavy atom. The van der Waals surface area contributed by atoms with Gasteiger partial charge >= 0.3 is 0 Å². The standard InChI is InChI=1S/C13H18Cl2O2/c1-4-5-6-16-12-8-10(14)7-11(15)13(12)17-9(2)3/h7-9H,4-6H2,1-3H3. The number of hydrogen-bond acceptors (Lipinski definition) is 2. The minimum Gasteiger partial charge on any atom is -0.490 e. The molecule has 0 saturated heterocycles. The van der Waals surface area contributed by atoms with E-state index in [4.69, 9.17) is 32.7 Å². The number of benzene rings is 1. The molecule has 0 aromatic heterocycles. The lowest BCUT2D eigenvalue weighted by Crippen LogP contribution is -2.08. The van der Waals surface area contributed by atoms with Gasteiger partial charge in [-0.25, -0.2) is 0 Å². The van der Waals surface area contributed by atoms with E-state index in [0.29, 0.717) is 28.2 Å². The summed E-state index contributed by atoms with van der Waals surface area (Å²) in [5.41, 5.74) is 0. The Kier molecular flexibility index (Phi) is 5.93. The summed E-state index contributed by atoms with van der Waals surface area (Å²) in [5.74, 6) is 1.19. The second-order valence-corrected chi connectivity index (χ2v) is 4.93. The lowest BCUT2D eigenvalue weighted by atomic mass is 10.3. The summed E-state index contributed by atoms with van der Waals surface area (Å²) < 4.78 is 11.3. The van der Waals surface area contributed by atoms with Crippen molar-refractivity contribution in [2.75, 3.05) is 6.61 Å². The lowest BCUT2D eigenvalue weighted by molar-refractivity contribution is 0.220. The Labute approximate surface area is 113 Å². The molecule has 1 aromatic carbocycles. The van der Waals surface area contributed by atoms with Crippen molar-refractivity contribution in [1.82, 2.24) is 0 Å². The summed E-state index contributed by atoms with van der Waals surface area (Å²) in [4.78, 5) is 0. The van der Waals surface area contributed by atoms with Crippen molar-refractivity contribution in [3.63, 3.8) is 0 Å². The quantitative estimate of drug-likeness (QED) is 0.684. The van der Waals surface area contributed by atoms with Crippen molar-refractivity contribution >= 4 is 23.2 Å². The molecule has 0 aliphatic rings. The summed E-state index contributed by atoms with van der Waals surface area (Å²) in [7, 11) is 0. The van der Waals surface area contributed by atoms with E-state index >= 15 is 0 Å². The van der Waals surface area contributed by atoms with Gasteiger partial charge in [-0.1, -0.05) is 36.5 Å². The third-order valence-electron chi connectivity index (χ3n) is 2.08. The molecule has 0 amide bonds. The van der Waals surface area contributed by atoms with Crippen LogP contribution in [0.4, 0.5) is 0 Å². The zero-order chi connectivity index (χ0) is 12.8. The monoisotopic (exact) mass is 276 g/mol. The van der Waals surface area contributed by atoms with E-state index in [1.165, 1.54) is 0 Å². The van der Waals surface area contributed by atoms with E-state index in [-0.39, 0.29) is 6.10 Å². The topological polar surface area (TPSA) is 18.5 Å². The van der Waals surface area contributed by atoms with Gasteiger partial charge in [0.15, 0.2) is 11.5 Å². The minimum atomic E-state index is 0.0437. The highest BCUT2D eigenvalue weighted by Gasteiger charge is 2.13. The second kappa shape index (κ2) is 6.97. The first-order chi connectivity index (χ1) is 8.04. The summed E-state index contributed by atoms with van der Waals surface area (Å²) >= 11 is 12.1. The molecule has 4 heteroatoms. The molecule has 0 radical (unpaired) electrons. The molecule has 2 nitrogen and oxygen atoms in total. The van der Waals surface area contributed by atoms with Crippen molar-refractivity contribution in [2.24, 2.45) is 0 Å². The predicted octanol–water partition coefficient (Wildman–Crippen LogP) is 4.96. The Hall–Kier alpha value is -0.600. The third kappa shape index (κ3) is 4.64. The van der Waals surface area contributed by atoms with Gasteiger partial charge in [0.05, 0.1) is 17.7 Å². The first-order valence-corrected chi connectivity index (χ1v) is 6.58. The highest BCUT2D eigenvalue weighted by atomic mass is 35.5. The number of unbranched alkanes of at least 4 members (excludes halogenated alkanes) is 1. The van der Waals surface area contributed by atoms with E-state index in [0.717, 1.165) is 12.8 Å². The highest BCUT2D eigenvalue weighted by Crippen LogP contribution is 2.38. The van der Waals surface area contributed by atoms with Crippen molar-refractivity contribution in [2.45, 2.75) is 39.7 Å². The van der Waals surface area contributed by atoms with Crippen LogP contribution in [-0.2, 0) is 0 Å². The van der Waals surface area contributed by atoms with Crippen molar-refractivity contribution < 1.29 is 9.47 Å². The molecule has 17 heavy (non-hydrogen) atoms. The van der Waals surface area contributed by atoms with E-state index < -0.39 is 0 Å². The van der Waals surface area contributed by atoms with Gasteiger partial charge in [0.25, 0.3) is 0 Å². The molecule has 0 unspecified atom stereocenters. The Balaban J connectivity index is 2.90. The summed E-state index contributed by atoms with van der Waals surface area (Å²) in [6.45, 7) is 6.64. The molecule has 0 aliphatic carbocycles. The van der Waals surface area contributed by atoms with Gasteiger partial charge in [-0.05, 0) is 26.3 Å². The maximum Gasteiger partial charge on any atom is 0.180 e. The number of rotatable bonds is 6. The van der Waals surface area contributed by atoms with Gasteiger partial charge in [-0.3, -0.25) is 0 Å². The zero-order valence-electron chi connectivity index (χ0n) is 10.4. The molecule has 0 fully saturated rings. The summed E-state index contributed by atoms with van der Waals surface area (Å²) in [5, 5.41) is 1.04. The van der Waals surface area contributed by atoms with E-state index in [2.05, 4.69) is 6.92 Å². The summed E-state index contributed by atoms with van der Waals surface area (Å²) in [6, 6.07) is 3.40. The Morgan fingerprint density at radius 2 is 1.94 bits per heavy atom. The third-order valence-corrected chi connectivity index (χ3v) is 2.58. The Bertz CT molecular complexity index is 365. The maximum absolute atomic E-state index is 6.10. The molecular formula is C13H18Cl2O2. The van der Waals surface area contributed by atoms with Gasteiger partial charge < -0.3 is 9.47 Å². The number of halogens is 2. The number of hydrogen-bond donors (Lipinski definition) is 0. The van der Waals surface area contributed by atoms with Crippen LogP contribution in [0, 0.1) is 0 Å². The van der Waals surface area contributed by atoms with E-state index in [1.807, 2.05) is 13.8 Å². The van der Waals surface area contributed by atoms with Crippen LogP contribution in [0.1, 0.15) is 33.6 Å². The minimum absolute atomic E-state index is 0.0437. The largest absolute Gasteiger partial charge is 0.490 e. The van der Waals surface area contributed by atoms with Gasteiger partial charge in [0.2, 0.25) is 0 Å². The van der Waals surface area contributed by atoms with Crippen LogP contribution in [0.3, 0.4) is 0 Å². The molecule has 0 bridgehead atoms. The van der Waals surface area contributed by atoms with Crippen molar-refractivity contribution in [3.05, 3.63) is 22.2 Å². The molecule has 1 rings (SSSR count). The lowest BCUT2D eigenvalue weighted by Gasteiger charge is -2.16. The van der Waals surface area contributed by atoms with Crippen LogP contribution in [0.2, 0.25) is 10.0 Å². The predicted molar refractivity (Wildman–Crippen MR) is 72.6 cm³/mol. The highest BCUT2D eigenvalue weighted by molar-refractivity contribution is 6.35. The molecular weight excluding hydrogens is 259 g/mol. The summed E-state index contributed by atoms with van der Waals surface area (Å²) in [6.07, 6.45) is 2.11. The molecule has 0 atom stereocenters. The van der Waals surface area contributed by atoms with Gasteiger partial charge in [-0.2, -0.15) is 0 Å². The SMILES string of the molecule is CCCCOc1cc(Cl)cc(Cl)c1OC(C)C. The fourth-order valence-corrected chi connectivity index (χ4v) is 1.84. The first kappa shape index (κ1) is 14.5. The van der Waals surface area contributed by atoms with E-state index in [1.54, 1.807) is 12.1 Å². The van der Waals surface area contributed by atoms with Crippen molar-refractivity contribution in [1.29, 1.82) is 0 Å². The Morgan fingerprint density at radius 1 is 1.24 bits per heavy atom. The zero-order valence-corrected chi connectivity index (χ0v) is 11.9. The van der Waals surface area contributed by atoms with Crippen LogP contribution < -0.4 is 9.47 Å². The van der Waals surface area contributed by atoms with Crippen LogP contribution >= 0.6 is 23.2 Å². The first-order valence-electron chi connectivity index (χ1n) is 5.83. The molecule has 96 valence electrons. The normalized spacial score (nSPS) is 10.7. The van der Waals surface area contributed by atoms with Gasteiger partial charge in [-0.15, -0.1) is 0 Å². The van der Waals surface area contributed by atoms with Gasteiger partial charge in [0.1, 0.15) is 0 Å². The fourth-order valence-electron chi connectivity index (χ4n) is 1.32. The molecule has 0 N–H and O–H groups in total. The smallest absolute Gasteiger partial charge is 0.180 e. The average molecular weight is 277 g/mol. The average Bonchev–Trinajstić information content (AvgIpc) is 2.23. The molecule has 1 aromatic rings. The van der Waals surface area contributed by atoms with Crippen LogP contribution in [0.5, 0.6) is 11.5 Å². The van der Waals surface area contributed by atoms with Crippen LogP contribution in [0.25, 0.3) is 0 Å². The van der Waals surface area contributed by atoms with Gasteiger partial charge in [0, 0.05) is 11.1 Å². The second-order valence-electron chi connectivity index (χ2n) is 4.08. The van der Waals surface area contributed by atoms with Crippen molar-refractivity contribution in [3.8, 4) is 11.5 Å². The maximum atomic E-state index is 6.10. The van der Waals surface area contributed by atoms with Crippen LogP contribution in [-0.4, -0.2) is 12.7 Å². The number of ether oxygens (including phenoxy) is 2. The van der Waals surface area contributed by atoms with E-state index in [9.17, 15) is 0 Å². The molecule has 0 aliphatic heterocycles. The fraction of sp³-hybridized carbons (Fsp3) is 0.538. The molecule has 0 saturated carbocycles. The molecule has 0 spiro atoms. The molecule has 0 heterocycles.